The molecule has 0 amide bonds. The molecule has 0 heterocycles. The van der Waals surface area contributed by atoms with Gasteiger partial charge in [0.2, 0.25) is 0 Å². The molecule has 3 rings (SSSR count). The van der Waals surface area contributed by atoms with Crippen molar-refractivity contribution in [3.05, 3.63) is 59.2 Å². The van der Waals surface area contributed by atoms with E-state index in [2.05, 4.69) is 44.2 Å². The summed E-state index contributed by atoms with van der Waals surface area (Å²) < 4.78 is 0. The van der Waals surface area contributed by atoms with Crippen LogP contribution in [0.15, 0.2) is 42.5 Å². The first kappa shape index (κ1) is 15.8. The maximum Gasteiger partial charge on any atom is 0.307 e. The van der Waals surface area contributed by atoms with Gasteiger partial charge in [-0.1, -0.05) is 69.2 Å². The number of fused-ring (bicyclic) bond motifs is 3. The van der Waals surface area contributed by atoms with Crippen molar-refractivity contribution < 1.29 is 9.90 Å². The second-order valence-corrected chi connectivity index (χ2v) is 6.54. The van der Waals surface area contributed by atoms with Crippen molar-refractivity contribution >= 4 is 5.97 Å². The summed E-state index contributed by atoms with van der Waals surface area (Å²) >= 11 is 0. The van der Waals surface area contributed by atoms with Gasteiger partial charge in [0.05, 0.1) is 6.42 Å². The molecule has 120 valence electrons. The van der Waals surface area contributed by atoms with Gasteiger partial charge >= 0.3 is 5.97 Å². The minimum atomic E-state index is -0.753. The van der Waals surface area contributed by atoms with Gasteiger partial charge in [0.1, 0.15) is 0 Å². The molecule has 2 nitrogen and oxygen atoms in total. The number of carbonyl (C=O) groups is 1. The van der Waals surface area contributed by atoms with E-state index in [1.165, 1.54) is 22.3 Å². The topological polar surface area (TPSA) is 37.3 Å². The quantitative estimate of drug-likeness (QED) is 0.798. The molecule has 0 aliphatic heterocycles. The maximum atomic E-state index is 11.4. The van der Waals surface area contributed by atoms with E-state index in [0.29, 0.717) is 0 Å². The Labute approximate surface area is 138 Å². The second-order valence-electron chi connectivity index (χ2n) is 6.54. The van der Waals surface area contributed by atoms with Crippen molar-refractivity contribution in [1.29, 1.82) is 0 Å². The number of hydrogen-bond donors (Lipinski definition) is 1. The number of carboxylic acids is 1. The van der Waals surface area contributed by atoms with Crippen LogP contribution in [0, 0.1) is 0 Å². The number of rotatable bonds is 6. The van der Waals surface area contributed by atoms with E-state index in [1.54, 1.807) is 0 Å². The van der Waals surface area contributed by atoms with Crippen LogP contribution >= 0.6 is 0 Å². The Kier molecular flexibility index (Phi) is 4.25. The summed E-state index contributed by atoms with van der Waals surface area (Å²) in [4.78, 5) is 11.4. The summed E-state index contributed by atoms with van der Waals surface area (Å²) in [7, 11) is 0. The van der Waals surface area contributed by atoms with Gasteiger partial charge < -0.3 is 5.11 Å². The van der Waals surface area contributed by atoms with Gasteiger partial charge in [0.15, 0.2) is 0 Å². The first-order valence-electron chi connectivity index (χ1n) is 8.58. The van der Waals surface area contributed by atoms with E-state index < -0.39 is 5.97 Å². The average molecular weight is 308 g/mol. The lowest BCUT2D eigenvalue weighted by Gasteiger charge is -2.33. The van der Waals surface area contributed by atoms with Crippen LogP contribution in [0.2, 0.25) is 0 Å². The highest BCUT2D eigenvalue weighted by molar-refractivity contribution is 5.84. The molecule has 1 aliphatic carbocycles. The van der Waals surface area contributed by atoms with Crippen LogP contribution in [0.5, 0.6) is 0 Å². The molecule has 0 saturated carbocycles. The third-order valence-electron chi connectivity index (χ3n) is 5.06. The van der Waals surface area contributed by atoms with Crippen LogP contribution in [-0.2, 0) is 16.6 Å². The van der Waals surface area contributed by atoms with Gasteiger partial charge in [-0.05, 0) is 40.7 Å². The summed E-state index contributed by atoms with van der Waals surface area (Å²) in [6, 6.07) is 14.8. The van der Waals surface area contributed by atoms with Crippen molar-refractivity contribution in [1.82, 2.24) is 0 Å². The average Bonchev–Trinajstić information content (AvgIpc) is 2.80. The lowest BCUT2D eigenvalue weighted by Crippen LogP contribution is -2.27. The molecule has 23 heavy (non-hydrogen) atoms. The molecule has 2 heteroatoms. The summed E-state index contributed by atoms with van der Waals surface area (Å²) in [5.41, 5.74) is 6.14. The molecule has 0 aromatic heterocycles. The largest absolute Gasteiger partial charge is 0.481 e. The molecular weight excluding hydrogens is 284 g/mol. The van der Waals surface area contributed by atoms with Crippen molar-refractivity contribution in [3.63, 3.8) is 0 Å². The Morgan fingerprint density at radius 3 is 2.26 bits per heavy atom. The molecule has 1 N–H and O–H groups in total. The van der Waals surface area contributed by atoms with Gasteiger partial charge in [-0.2, -0.15) is 0 Å². The maximum absolute atomic E-state index is 11.4. The first-order valence-corrected chi connectivity index (χ1v) is 8.58. The molecule has 0 radical (unpaired) electrons. The van der Waals surface area contributed by atoms with Crippen molar-refractivity contribution in [3.8, 4) is 11.1 Å². The third-order valence-corrected chi connectivity index (χ3v) is 5.06. The van der Waals surface area contributed by atoms with Gasteiger partial charge in [-0.3, -0.25) is 4.79 Å². The van der Waals surface area contributed by atoms with Gasteiger partial charge in [0, 0.05) is 5.41 Å². The van der Waals surface area contributed by atoms with Crippen molar-refractivity contribution in [2.75, 3.05) is 0 Å². The summed E-state index contributed by atoms with van der Waals surface area (Å²) in [6.07, 6.45) is 4.43. The molecule has 0 saturated heterocycles. The standard InChI is InChI=1S/C21H24O2/c1-3-12-21(13-4-2)18-11-6-5-9-16(18)17-10-7-8-15(20(17)21)14-19(22)23/h5-11H,3-4,12-14H2,1-2H3,(H,22,23). The molecule has 0 spiro atoms. The van der Waals surface area contributed by atoms with E-state index in [4.69, 9.17) is 0 Å². The predicted octanol–water partition coefficient (Wildman–Crippen LogP) is 5.18. The monoisotopic (exact) mass is 308 g/mol. The highest BCUT2D eigenvalue weighted by atomic mass is 16.4. The van der Waals surface area contributed by atoms with E-state index >= 15 is 0 Å². The van der Waals surface area contributed by atoms with Crippen LogP contribution in [0.4, 0.5) is 0 Å². The summed E-state index contributed by atoms with van der Waals surface area (Å²) in [6.45, 7) is 4.44. The Morgan fingerprint density at radius 2 is 1.61 bits per heavy atom. The minimum Gasteiger partial charge on any atom is -0.481 e. The van der Waals surface area contributed by atoms with Crippen LogP contribution in [0.25, 0.3) is 11.1 Å². The normalized spacial score (nSPS) is 14.3. The molecule has 0 unspecified atom stereocenters. The van der Waals surface area contributed by atoms with Crippen LogP contribution in [0.1, 0.15) is 56.2 Å². The molecule has 2 aromatic rings. The fraction of sp³-hybridized carbons (Fsp3) is 0.381. The number of hydrogen-bond acceptors (Lipinski definition) is 1. The Balaban J connectivity index is 2.30. The third kappa shape index (κ3) is 2.46. The number of carboxylic acid groups (broad SMARTS) is 1. The van der Waals surface area contributed by atoms with Gasteiger partial charge in [0.25, 0.3) is 0 Å². The summed E-state index contributed by atoms with van der Waals surface area (Å²) in [5.74, 6) is -0.753. The Bertz CT molecular complexity index is 724. The van der Waals surface area contributed by atoms with Crippen LogP contribution in [0.3, 0.4) is 0 Å². The zero-order valence-electron chi connectivity index (χ0n) is 13.9. The smallest absolute Gasteiger partial charge is 0.307 e. The number of aliphatic carboxylic acids is 1. The Morgan fingerprint density at radius 1 is 0.957 bits per heavy atom. The molecule has 1 aliphatic rings. The molecule has 0 atom stereocenters. The molecule has 2 aromatic carbocycles. The SMILES string of the molecule is CCCC1(CCC)c2ccccc2-c2cccc(CC(=O)O)c21. The van der Waals surface area contributed by atoms with Crippen molar-refractivity contribution in [2.24, 2.45) is 0 Å². The van der Waals surface area contributed by atoms with Gasteiger partial charge in [-0.25, -0.2) is 0 Å². The first-order chi connectivity index (χ1) is 11.1. The zero-order chi connectivity index (χ0) is 16.4. The van der Waals surface area contributed by atoms with Gasteiger partial charge in [-0.15, -0.1) is 0 Å². The fourth-order valence-corrected chi connectivity index (χ4v) is 4.47. The molecule has 0 fully saturated rings. The Hall–Kier alpha value is -2.09. The van der Waals surface area contributed by atoms with E-state index in [1.807, 2.05) is 12.1 Å². The minimum absolute atomic E-state index is 0.0263. The number of benzene rings is 2. The van der Waals surface area contributed by atoms with E-state index in [0.717, 1.165) is 31.2 Å². The lowest BCUT2D eigenvalue weighted by atomic mass is 9.70. The van der Waals surface area contributed by atoms with Crippen molar-refractivity contribution in [2.45, 2.75) is 51.4 Å². The zero-order valence-corrected chi connectivity index (χ0v) is 13.9. The molecular formula is C21H24O2. The van der Waals surface area contributed by atoms with E-state index in [-0.39, 0.29) is 11.8 Å². The molecule has 0 bridgehead atoms. The summed E-state index contributed by atoms with van der Waals surface area (Å²) in [5, 5.41) is 9.35. The highest BCUT2D eigenvalue weighted by Gasteiger charge is 2.43. The lowest BCUT2D eigenvalue weighted by molar-refractivity contribution is -0.136. The highest BCUT2D eigenvalue weighted by Crippen LogP contribution is 2.54. The predicted molar refractivity (Wildman–Crippen MR) is 93.8 cm³/mol. The second kappa shape index (κ2) is 6.19. The fourth-order valence-electron chi connectivity index (χ4n) is 4.47. The van der Waals surface area contributed by atoms with E-state index in [9.17, 15) is 9.90 Å². The van der Waals surface area contributed by atoms with Crippen LogP contribution < -0.4 is 0 Å². The van der Waals surface area contributed by atoms with Crippen LogP contribution in [-0.4, -0.2) is 11.1 Å².